The number of rotatable bonds is 4. The maximum absolute atomic E-state index is 13.0. The molecule has 0 amide bonds. The van der Waals surface area contributed by atoms with E-state index >= 15 is 0 Å². The Morgan fingerprint density at radius 1 is 1.26 bits per heavy atom. The quantitative estimate of drug-likeness (QED) is 0.847. The minimum Gasteiger partial charge on any atom is -0.459 e. The molecule has 19 heavy (non-hydrogen) atoms. The summed E-state index contributed by atoms with van der Waals surface area (Å²) < 4.78 is 57.0. The summed E-state index contributed by atoms with van der Waals surface area (Å²) in [6, 6.07) is 2.97. The third-order valence-electron chi connectivity index (χ3n) is 2.71. The molecule has 1 unspecified atom stereocenters. The van der Waals surface area contributed by atoms with Crippen molar-refractivity contribution in [2.45, 2.75) is 25.6 Å². The summed E-state index contributed by atoms with van der Waals surface area (Å²) in [5, 5.41) is 2.71. The molecule has 0 bridgehead atoms. The third kappa shape index (κ3) is 3.07. The van der Waals surface area contributed by atoms with Gasteiger partial charge in [-0.25, -0.2) is 4.39 Å². The van der Waals surface area contributed by atoms with E-state index in [9.17, 15) is 17.6 Å². The molecule has 104 valence electrons. The first-order chi connectivity index (χ1) is 8.91. The number of halogens is 4. The maximum Gasteiger partial charge on any atom is 0.410 e. The zero-order valence-corrected chi connectivity index (χ0v) is 10.2. The average molecular weight is 275 g/mol. The molecule has 1 heterocycles. The number of furan rings is 1. The highest BCUT2D eigenvalue weighted by molar-refractivity contribution is 5.78. The van der Waals surface area contributed by atoms with Gasteiger partial charge in [0.25, 0.3) is 0 Å². The predicted molar refractivity (Wildman–Crippen MR) is 63.3 cm³/mol. The van der Waals surface area contributed by atoms with Crippen LogP contribution in [0.15, 0.2) is 28.7 Å². The van der Waals surface area contributed by atoms with Crippen LogP contribution in [-0.4, -0.2) is 12.7 Å². The Morgan fingerprint density at radius 2 is 2.00 bits per heavy atom. The van der Waals surface area contributed by atoms with Crippen LogP contribution in [0.3, 0.4) is 0 Å². The lowest BCUT2D eigenvalue weighted by atomic mass is 10.2. The number of hydrogen-bond acceptors (Lipinski definition) is 2. The van der Waals surface area contributed by atoms with Gasteiger partial charge in [-0.2, -0.15) is 13.2 Å². The van der Waals surface area contributed by atoms with Gasteiger partial charge < -0.3 is 4.42 Å². The summed E-state index contributed by atoms with van der Waals surface area (Å²) in [6.07, 6.45) is -3.89. The van der Waals surface area contributed by atoms with Gasteiger partial charge in [-0.3, -0.25) is 5.32 Å². The Kier molecular flexibility index (Phi) is 3.80. The molecule has 0 radical (unpaired) electrons. The molecule has 0 spiro atoms. The van der Waals surface area contributed by atoms with Crippen LogP contribution < -0.4 is 5.32 Å². The van der Waals surface area contributed by atoms with Crippen LogP contribution in [0.5, 0.6) is 0 Å². The molecule has 1 N–H and O–H groups in total. The van der Waals surface area contributed by atoms with E-state index in [-0.39, 0.29) is 17.9 Å². The van der Waals surface area contributed by atoms with E-state index in [0.29, 0.717) is 11.8 Å². The van der Waals surface area contributed by atoms with Gasteiger partial charge in [0.1, 0.15) is 17.2 Å². The smallest absolute Gasteiger partial charge is 0.410 e. The first kappa shape index (κ1) is 13.9. The molecule has 2 rings (SSSR count). The van der Waals surface area contributed by atoms with Crippen LogP contribution in [0.4, 0.5) is 17.6 Å². The van der Waals surface area contributed by atoms with Crippen LogP contribution in [0.2, 0.25) is 0 Å². The van der Waals surface area contributed by atoms with Crippen LogP contribution >= 0.6 is 0 Å². The van der Waals surface area contributed by atoms with Crippen LogP contribution in [-0.2, 0) is 0 Å². The van der Waals surface area contributed by atoms with E-state index in [0.717, 1.165) is 12.1 Å². The van der Waals surface area contributed by atoms with Gasteiger partial charge in [-0.05, 0) is 37.2 Å². The molecular weight excluding hydrogens is 262 g/mol. The van der Waals surface area contributed by atoms with Crippen molar-refractivity contribution in [2.75, 3.05) is 6.54 Å². The van der Waals surface area contributed by atoms with Crippen molar-refractivity contribution < 1.29 is 22.0 Å². The molecule has 1 aromatic carbocycles. The van der Waals surface area contributed by atoms with Gasteiger partial charge in [-0.1, -0.05) is 6.92 Å². The lowest BCUT2D eigenvalue weighted by Crippen LogP contribution is -2.34. The standard InChI is InChI=1S/C13H13F4NO/c1-2-5-18-12(13(15,16)17)11-7-8-6-9(14)3-4-10(8)19-11/h3-4,6-7,12,18H,2,5H2,1H3. The normalized spacial score (nSPS) is 13.9. The van der Waals surface area contributed by atoms with Crippen LogP contribution in [0.25, 0.3) is 11.0 Å². The summed E-state index contributed by atoms with van der Waals surface area (Å²) in [4.78, 5) is 0. The Labute approximate surface area is 107 Å². The Balaban J connectivity index is 2.38. The monoisotopic (exact) mass is 275 g/mol. The molecule has 2 nitrogen and oxygen atoms in total. The largest absolute Gasteiger partial charge is 0.459 e. The lowest BCUT2D eigenvalue weighted by Gasteiger charge is -2.19. The Hall–Kier alpha value is -1.56. The van der Waals surface area contributed by atoms with Crippen molar-refractivity contribution in [3.63, 3.8) is 0 Å². The SMILES string of the molecule is CCCNC(c1cc2cc(F)ccc2o1)C(F)(F)F. The van der Waals surface area contributed by atoms with Crippen LogP contribution in [0, 0.1) is 5.82 Å². The molecule has 1 aromatic heterocycles. The molecule has 1 atom stereocenters. The second-order valence-electron chi connectivity index (χ2n) is 4.26. The van der Waals surface area contributed by atoms with Crippen molar-refractivity contribution in [1.29, 1.82) is 0 Å². The second-order valence-corrected chi connectivity index (χ2v) is 4.26. The fraction of sp³-hybridized carbons (Fsp3) is 0.385. The van der Waals surface area contributed by atoms with Crippen molar-refractivity contribution in [2.24, 2.45) is 0 Å². The number of hydrogen-bond donors (Lipinski definition) is 1. The summed E-state index contributed by atoms with van der Waals surface area (Å²) in [5.74, 6) is -0.758. The number of benzene rings is 1. The zero-order chi connectivity index (χ0) is 14.0. The summed E-state index contributed by atoms with van der Waals surface area (Å²) in [5.41, 5.74) is 0.240. The second kappa shape index (κ2) is 5.21. The minimum atomic E-state index is -4.46. The zero-order valence-electron chi connectivity index (χ0n) is 10.2. The van der Waals surface area contributed by atoms with Crippen molar-refractivity contribution in [3.8, 4) is 0 Å². The maximum atomic E-state index is 13.0. The molecule has 2 aromatic rings. The van der Waals surface area contributed by atoms with Gasteiger partial charge in [0.05, 0.1) is 0 Å². The Morgan fingerprint density at radius 3 is 2.63 bits per heavy atom. The summed E-state index contributed by atoms with van der Waals surface area (Å²) >= 11 is 0. The van der Waals surface area contributed by atoms with E-state index in [4.69, 9.17) is 4.42 Å². The van der Waals surface area contributed by atoms with Crippen molar-refractivity contribution in [1.82, 2.24) is 5.32 Å². The van der Waals surface area contributed by atoms with Gasteiger partial charge >= 0.3 is 6.18 Å². The number of fused-ring (bicyclic) bond motifs is 1. The predicted octanol–water partition coefficient (Wildman–Crippen LogP) is 4.17. The van der Waals surface area contributed by atoms with E-state index in [1.165, 1.54) is 12.1 Å². The van der Waals surface area contributed by atoms with E-state index in [1.807, 2.05) is 0 Å². The highest BCUT2D eigenvalue weighted by Gasteiger charge is 2.42. The van der Waals surface area contributed by atoms with Crippen molar-refractivity contribution >= 4 is 11.0 Å². The molecule has 0 fully saturated rings. The molecule has 6 heteroatoms. The first-order valence-corrected chi connectivity index (χ1v) is 5.91. The highest BCUT2D eigenvalue weighted by Crippen LogP contribution is 2.35. The van der Waals surface area contributed by atoms with Gasteiger partial charge in [0, 0.05) is 5.39 Å². The van der Waals surface area contributed by atoms with E-state index < -0.39 is 18.0 Å². The van der Waals surface area contributed by atoms with E-state index in [2.05, 4.69) is 5.32 Å². The molecule has 0 aliphatic rings. The third-order valence-corrected chi connectivity index (χ3v) is 2.71. The summed E-state index contributed by atoms with van der Waals surface area (Å²) in [7, 11) is 0. The number of alkyl halides is 3. The van der Waals surface area contributed by atoms with Gasteiger partial charge in [-0.15, -0.1) is 0 Å². The fourth-order valence-electron chi connectivity index (χ4n) is 1.84. The van der Waals surface area contributed by atoms with Crippen molar-refractivity contribution in [3.05, 3.63) is 35.8 Å². The highest BCUT2D eigenvalue weighted by atomic mass is 19.4. The fourth-order valence-corrected chi connectivity index (χ4v) is 1.84. The van der Waals surface area contributed by atoms with Gasteiger partial charge in [0.15, 0.2) is 6.04 Å². The molecule has 0 saturated heterocycles. The van der Waals surface area contributed by atoms with Gasteiger partial charge in [0.2, 0.25) is 0 Å². The topological polar surface area (TPSA) is 25.2 Å². The molecule has 0 saturated carbocycles. The number of nitrogens with one attached hydrogen (secondary N) is 1. The lowest BCUT2D eigenvalue weighted by molar-refractivity contribution is -0.161. The average Bonchev–Trinajstić information content (AvgIpc) is 2.70. The molecule has 0 aliphatic carbocycles. The van der Waals surface area contributed by atoms with E-state index in [1.54, 1.807) is 6.92 Å². The van der Waals surface area contributed by atoms with Crippen LogP contribution in [0.1, 0.15) is 25.1 Å². The minimum absolute atomic E-state index is 0.218. The Bertz CT molecular complexity index is 561. The molecule has 0 aliphatic heterocycles. The first-order valence-electron chi connectivity index (χ1n) is 5.91. The summed E-state index contributed by atoms with van der Waals surface area (Å²) in [6.45, 7) is 1.99. The molecular formula is C13H13F4NO.